The fourth-order valence-corrected chi connectivity index (χ4v) is 2.95. The molecule has 0 aromatic heterocycles. The molecule has 2 atom stereocenters. The molecule has 1 heterocycles. The van der Waals surface area contributed by atoms with Crippen LogP contribution < -0.4 is 5.73 Å². The molecule has 2 unspecified atom stereocenters. The van der Waals surface area contributed by atoms with Gasteiger partial charge in [0, 0.05) is 22.6 Å². The number of hydrogen-bond acceptors (Lipinski definition) is 2. The van der Waals surface area contributed by atoms with Gasteiger partial charge in [-0.1, -0.05) is 11.6 Å². The molecule has 19 heavy (non-hydrogen) atoms. The average molecular weight is 346 g/mol. The van der Waals surface area contributed by atoms with Crippen molar-refractivity contribution in [1.29, 1.82) is 0 Å². The number of amides is 1. The fourth-order valence-electron chi connectivity index (χ4n) is 2.45. The second-order valence-electron chi connectivity index (χ2n) is 5.11. The van der Waals surface area contributed by atoms with E-state index in [1.54, 1.807) is 18.2 Å². The molecule has 0 spiro atoms. The Balaban J connectivity index is 2.19. The lowest BCUT2D eigenvalue weighted by Crippen LogP contribution is -2.47. The highest BCUT2D eigenvalue weighted by Crippen LogP contribution is 2.27. The topological polar surface area (TPSA) is 46.3 Å². The molecule has 1 fully saturated rings. The SMILES string of the molecule is CC1CCC(CN)CN1C(=O)c1ccc(Cl)c(Br)c1. The zero-order chi connectivity index (χ0) is 14.0. The molecule has 104 valence electrons. The van der Waals surface area contributed by atoms with E-state index in [9.17, 15) is 4.79 Å². The Morgan fingerprint density at radius 2 is 2.26 bits per heavy atom. The first kappa shape index (κ1) is 14.8. The Morgan fingerprint density at radius 1 is 1.53 bits per heavy atom. The van der Waals surface area contributed by atoms with Crippen molar-refractivity contribution in [2.75, 3.05) is 13.1 Å². The van der Waals surface area contributed by atoms with Crippen LogP contribution in [0.3, 0.4) is 0 Å². The van der Waals surface area contributed by atoms with Gasteiger partial charge in [0.2, 0.25) is 0 Å². The molecule has 2 rings (SSSR count). The number of hydrogen-bond donors (Lipinski definition) is 1. The Bertz CT molecular complexity index is 481. The summed E-state index contributed by atoms with van der Waals surface area (Å²) >= 11 is 9.31. The van der Waals surface area contributed by atoms with Gasteiger partial charge in [-0.25, -0.2) is 0 Å². The van der Waals surface area contributed by atoms with Gasteiger partial charge in [-0.05, 0) is 66.4 Å². The van der Waals surface area contributed by atoms with Gasteiger partial charge in [-0.3, -0.25) is 4.79 Å². The molecule has 1 aliphatic rings. The number of benzene rings is 1. The lowest BCUT2D eigenvalue weighted by molar-refractivity contribution is 0.0567. The maximum atomic E-state index is 12.6. The minimum absolute atomic E-state index is 0.0583. The maximum Gasteiger partial charge on any atom is 0.254 e. The third-order valence-electron chi connectivity index (χ3n) is 3.74. The van der Waals surface area contributed by atoms with Gasteiger partial charge in [0.05, 0.1) is 5.02 Å². The quantitative estimate of drug-likeness (QED) is 0.894. The van der Waals surface area contributed by atoms with Gasteiger partial charge in [0.25, 0.3) is 5.91 Å². The summed E-state index contributed by atoms with van der Waals surface area (Å²) in [7, 11) is 0. The predicted molar refractivity (Wildman–Crippen MR) is 81.4 cm³/mol. The summed E-state index contributed by atoms with van der Waals surface area (Å²) in [6.07, 6.45) is 2.12. The summed E-state index contributed by atoms with van der Waals surface area (Å²) in [4.78, 5) is 14.5. The summed E-state index contributed by atoms with van der Waals surface area (Å²) in [5.74, 6) is 0.471. The molecule has 1 aromatic carbocycles. The Hall–Kier alpha value is -0.580. The molecule has 0 radical (unpaired) electrons. The number of piperidine rings is 1. The van der Waals surface area contributed by atoms with Crippen molar-refractivity contribution in [2.24, 2.45) is 11.7 Å². The first-order chi connectivity index (χ1) is 9.02. The first-order valence-electron chi connectivity index (χ1n) is 6.49. The standard InChI is InChI=1S/C14H18BrClN2O/c1-9-2-3-10(7-17)8-18(9)14(19)11-4-5-13(16)12(15)6-11/h4-6,9-10H,2-3,7-8,17H2,1H3. The fraction of sp³-hybridized carbons (Fsp3) is 0.500. The van der Waals surface area contributed by atoms with E-state index >= 15 is 0 Å². The van der Waals surface area contributed by atoms with E-state index in [1.807, 2.05) is 4.90 Å². The smallest absolute Gasteiger partial charge is 0.254 e. The van der Waals surface area contributed by atoms with E-state index in [-0.39, 0.29) is 11.9 Å². The zero-order valence-electron chi connectivity index (χ0n) is 10.9. The number of likely N-dealkylation sites (tertiary alicyclic amines) is 1. The van der Waals surface area contributed by atoms with Crippen molar-refractivity contribution in [1.82, 2.24) is 4.90 Å². The van der Waals surface area contributed by atoms with Crippen molar-refractivity contribution < 1.29 is 4.79 Å². The summed E-state index contributed by atoms with van der Waals surface area (Å²) in [6.45, 7) is 3.48. The summed E-state index contributed by atoms with van der Waals surface area (Å²) in [5, 5.41) is 0.614. The number of nitrogens with two attached hydrogens (primary N) is 1. The van der Waals surface area contributed by atoms with E-state index < -0.39 is 0 Å². The van der Waals surface area contributed by atoms with Crippen molar-refractivity contribution in [3.05, 3.63) is 33.3 Å². The van der Waals surface area contributed by atoms with E-state index in [4.69, 9.17) is 17.3 Å². The zero-order valence-corrected chi connectivity index (χ0v) is 13.2. The molecule has 2 N–H and O–H groups in total. The van der Waals surface area contributed by atoms with E-state index in [0.29, 0.717) is 23.0 Å². The van der Waals surface area contributed by atoms with E-state index in [1.165, 1.54) is 0 Å². The molecule has 1 saturated heterocycles. The summed E-state index contributed by atoms with van der Waals surface area (Å²) in [5.41, 5.74) is 6.40. The van der Waals surface area contributed by atoms with Crippen molar-refractivity contribution >= 4 is 33.4 Å². The van der Waals surface area contributed by atoms with Crippen LogP contribution in [0.25, 0.3) is 0 Å². The van der Waals surface area contributed by atoms with Gasteiger partial charge in [-0.15, -0.1) is 0 Å². The highest BCUT2D eigenvalue weighted by molar-refractivity contribution is 9.10. The molecule has 5 heteroatoms. The normalized spacial score (nSPS) is 23.5. The third-order valence-corrected chi connectivity index (χ3v) is 4.95. The number of nitrogens with zero attached hydrogens (tertiary/aromatic N) is 1. The van der Waals surface area contributed by atoms with Gasteiger partial charge in [0.1, 0.15) is 0 Å². The highest BCUT2D eigenvalue weighted by atomic mass is 79.9. The Labute approximate surface area is 127 Å². The molecule has 1 amide bonds. The predicted octanol–water partition coefficient (Wildman–Crippen LogP) is 3.30. The third kappa shape index (κ3) is 3.30. The van der Waals surface area contributed by atoms with Gasteiger partial charge >= 0.3 is 0 Å². The van der Waals surface area contributed by atoms with Crippen LogP contribution in [-0.4, -0.2) is 29.9 Å². The molecule has 0 aliphatic carbocycles. The molecule has 0 saturated carbocycles. The monoisotopic (exact) mass is 344 g/mol. The van der Waals surface area contributed by atoms with Crippen molar-refractivity contribution in [3.63, 3.8) is 0 Å². The number of rotatable bonds is 2. The molecular formula is C14H18BrClN2O. The highest BCUT2D eigenvalue weighted by Gasteiger charge is 2.29. The molecule has 0 bridgehead atoms. The average Bonchev–Trinajstić information content (AvgIpc) is 2.41. The van der Waals surface area contributed by atoms with Crippen LogP contribution in [0.1, 0.15) is 30.1 Å². The maximum absolute atomic E-state index is 12.6. The summed E-state index contributed by atoms with van der Waals surface area (Å²) < 4.78 is 0.750. The Kier molecular flexibility index (Phi) is 4.87. The van der Waals surface area contributed by atoms with Gasteiger partial charge in [0.15, 0.2) is 0 Å². The second-order valence-corrected chi connectivity index (χ2v) is 6.38. The lowest BCUT2D eigenvalue weighted by Gasteiger charge is -2.37. The molecular weight excluding hydrogens is 328 g/mol. The number of halogens is 2. The van der Waals surface area contributed by atoms with Crippen LogP contribution >= 0.6 is 27.5 Å². The van der Waals surface area contributed by atoms with Gasteiger partial charge < -0.3 is 10.6 Å². The van der Waals surface area contributed by atoms with Crippen LogP contribution in [0.15, 0.2) is 22.7 Å². The minimum Gasteiger partial charge on any atom is -0.336 e. The largest absolute Gasteiger partial charge is 0.336 e. The van der Waals surface area contributed by atoms with Crippen molar-refractivity contribution in [2.45, 2.75) is 25.8 Å². The van der Waals surface area contributed by atoms with Crippen LogP contribution in [0.2, 0.25) is 5.02 Å². The van der Waals surface area contributed by atoms with Crippen molar-refractivity contribution in [3.8, 4) is 0 Å². The lowest BCUT2D eigenvalue weighted by atomic mass is 9.93. The van der Waals surface area contributed by atoms with E-state index in [2.05, 4.69) is 22.9 Å². The minimum atomic E-state index is 0.0583. The van der Waals surface area contributed by atoms with E-state index in [0.717, 1.165) is 23.9 Å². The molecule has 3 nitrogen and oxygen atoms in total. The summed E-state index contributed by atoms with van der Waals surface area (Å²) in [6, 6.07) is 5.57. The van der Waals surface area contributed by atoms with Gasteiger partial charge in [-0.2, -0.15) is 0 Å². The Morgan fingerprint density at radius 3 is 2.89 bits per heavy atom. The second kappa shape index (κ2) is 6.25. The molecule has 1 aromatic rings. The number of carbonyl (C=O) groups excluding carboxylic acids is 1. The first-order valence-corrected chi connectivity index (χ1v) is 7.66. The van der Waals surface area contributed by atoms with Crippen LogP contribution in [0.4, 0.5) is 0 Å². The number of carbonyl (C=O) groups is 1. The van der Waals surface area contributed by atoms with Crippen LogP contribution in [0.5, 0.6) is 0 Å². The van der Waals surface area contributed by atoms with Crippen LogP contribution in [0, 0.1) is 5.92 Å². The molecule has 1 aliphatic heterocycles. The van der Waals surface area contributed by atoms with Crippen LogP contribution in [-0.2, 0) is 0 Å².